The molecule has 2 aliphatic heterocycles. The molecule has 1 atom stereocenters. The molecule has 29 heavy (non-hydrogen) atoms. The third-order valence-electron chi connectivity index (χ3n) is 5.62. The highest BCUT2D eigenvalue weighted by Crippen LogP contribution is 2.39. The first-order valence-corrected chi connectivity index (χ1v) is 10.1. The van der Waals surface area contributed by atoms with E-state index in [9.17, 15) is 24.8 Å². The Bertz CT molecular complexity index is 825. The third-order valence-corrected chi connectivity index (χ3v) is 5.62. The number of benzene rings is 1. The van der Waals surface area contributed by atoms with Crippen molar-refractivity contribution in [3.63, 3.8) is 0 Å². The van der Waals surface area contributed by atoms with Crippen LogP contribution in [0.3, 0.4) is 0 Å². The summed E-state index contributed by atoms with van der Waals surface area (Å²) in [5.41, 5.74) is 0.594. The molecule has 1 fully saturated rings. The maximum absolute atomic E-state index is 12.8. The van der Waals surface area contributed by atoms with E-state index in [-0.39, 0.29) is 23.0 Å². The Balaban J connectivity index is 1.92. The Morgan fingerprint density at radius 2 is 1.79 bits per heavy atom. The van der Waals surface area contributed by atoms with Crippen LogP contribution in [0.2, 0.25) is 0 Å². The van der Waals surface area contributed by atoms with Crippen LogP contribution < -0.4 is 0 Å². The number of piperidine rings is 1. The van der Waals surface area contributed by atoms with E-state index >= 15 is 0 Å². The number of carbonyl (C=O) groups is 2. The van der Waals surface area contributed by atoms with Crippen LogP contribution in [0.25, 0.3) is 0 Å². The lowest BCUT2D eigenvalue weighted by Gasteiger charge is -2.32. The van der Waals surface area contributed by atoms with Gasteiger partial charge in [-0.1, -0.05) is 20.3 Å². The molecule has 156 valence electrons. The Morgan fingerprint density at radius 1 is 1.17 bits per heavy atom. The van der Waals surface area contributed by atoms with Crippen molar-refractivity contribution in [1.82, 2.24) is 9.80 Å². The minimum absolute atomic E-state index is 0.0668. The van der Waals surface area contributed by atoms with Crippen molar-refractivity contribution in [2.24, 2.45) is 5.92 Å². The molecule has 1 amide bonds. The SMILES string of the molecule is CC(C)C(=O)C1=C(O)C(=O)N(CCN2CCCCC2)C1c1ccc([N+](=O)[O-])cc1. The number of aliphatic hydroxyl groups excluding tert-OH is 1. The number of nitro groups is 1. The Morgan fingerprint density at radius 3 is 2.34 bits per heavy atom. The number of non-ortho nitro benzene ring substituents is 1. The summed E-state index contributed by atoms with van der Waals surface area (Å²) in [5, 5.41) is 21.5. The Kier molecular flexibility index (Phi) is 6.32. The van der Waals surface area contributed by atoms with E-state index in [2.05, 4.69) is 4.90 Å². The van der Waals surface area contributed by atoms with Crippen molar-refractivity contribution < 1.29 is 19.6 Å². The molecule has 0 saturated carbocycles. The third kappa shape index (κ3) is 4.32. The van der Waals surface area contributed by atoms with Gasteiger partial charge in [-0.2, -0.15) is 0 Å². The van der Waals surface area contributed by atoms with Crippen LogP contribution in [0.5, 0.6) is 0 Å². The normalized spacial score (nSPS) is 20.6. The zero-order valence-electron chi connectivity index (χ0n) is 16.8. The van der Waals surface area contributed by atoms with E-state index in [1.807, 2.05) is 0 Å². The maximum atomic E-state index is 12.8. The zero-order valence-corrected chi connectivity index (χ0v) is 16.8. The van der Waals surface area contributed by atoms with Gasteiger partial charge >= 0.3 is 0 Å². The van der Waals surface area contributed by atoms with Crippen molar-refractivity contribution >= 4 is 17.4 Å². The number of Topliss-reactive ketones (excluding diaryl/α,β-unsaturated/α-hetero) is 1. The van der Waals surface area contributed by atoms with Gasteiger partial charge in [0.15, 0.2) is 11.5 Å². The molecule has 0 spiro atoms. The molecule has 1 N–H and O–H groups in total. The minimum Gasteiger partial charge on any atom is -0.503 e. The van der Waals surface area contributed by atoms with Gasteiger partial charge in [-0.3, -0.25) is 19.7 Å². The molecule has 1 aromatic carbocycles. The topological polar surface area (TPSA) is 104 Å². The summed E-state index contributed by atoms with van der Waals surface area (Å²) in [4.78, 5) is 39.9. The van der Waals surface area contributed by atoms with Crippen LogP contribution >= 0.6 is 0 Å². The fourth-order valence-electron chi connectivity index (χ4n) is 4.00. The minimum atomic E-state index is -0.733. The molecule has 0 aliphatic carbocycles. The number of hydrogen-bond acceptors (Lipinski definition) is 6. The van der Waals surface area contributed by atoms with Crippen molar-refractivity contribution in [2.45, 2.75) is 39.2 Å². The van der Waals surface area contributed by atoms with E-state index < -0.39 is 22.6 Å². The van der Waals surface area contributed by atoms with E-state index in [0.29, 0.717) is 18.7 Å². The van der Waals surface area contributed by atoms with Crippen LogP contribution in [0.15, 0.2) is 35.6 Å². The van der Waals surface area contributed by atoms with Gasteiger partial charge in [0.2, 0.25) is 0 Å². The van der Waals surface area contributed by atoms with Gasteiger partial charge in [0, 0.05) is 31.1 Å². The first kappa shape index (κ1) is 21.0. The van der Waals surface area contributed by atoms with E-state index in [4.69, 9.17) is 0 Å². The number of hydrogen-bond donors (Lipinski definition) is 1. The van der Waals surface area contributed by atoms with Gasteiger partial charge in [0.25, 0.3) is 11.6 Å². The largest absolute Gasteiger partial charge is 0.503 e. The summed E-state index contributed by atoms with van der Waals surface area (Å²) in [6, 6.07) is 5.08. The molecule has 8 heteroatoms. The second-order valence-corrected chi connectivity index (χ2v) is 7.93. The fourth-order valence-corrected chi connectivity index (χ4v) is 4.00. The van der Waals surface area contributed by atoms with Gasteiger partial charge < -0.3 is 14.9 Å². The number of rotatable bonds is 7. The molecule has 0 aromatic heterocycles. The zero-order chi connectivity index (χ0) is 21.1. The average molecular weight is 401 g/mol. The number of nitrogens with zero attached hydrogens (tertiary/aromatic N) is 3. The predicted octanol–water partition coefficient (Wildman–Crippen LogP) is 3.00. The summed E-state index contributed by atoms with van der Waals surface area (Å²) < 4.78 is 0. The number of aliphatic hydroxyl groups is 1. The summed E-state index contributed by atoms with van der Waals surface area (Å²) in [5.74, 6) is -1.75. The summed E-state index contributed by atoms with van der Waals surface area (Å²) >= 11 is 0. The van der Waals surface area contributed by atoms with Crippen LogP contribution in [-0.2, 0) is 9.59 Å². The van der Waals surface area contributed by atoms with Gasteiger partial charge in [-0.25, -0.2) is 0 Å². The van der Waals surface area contributed by atoms with Crippen molar-refractivity contribution in [1.29, 1.82) is 0 Å². The van der Waals surface area contributed by atoms with Gasteiger partial charge in [-0.05, 0) is 43.6 Å². The van der Waals surface area contributed by atoms with Gasteiger partial charge in [-0.15, -0.1) is 0 Å². The van der Waals surface area contributed by atoms with E-state index in [0.717, 1.165) is 25.9 Å². The molecular weight excluding hydrogens is 374 g/mol. The Labute approximate surface area is 169 Å². The lowest BCUT2D eigenvalue weighted by atomic mass is 9.91. The van der Waals surface area contributed by atoms with Gasteiger partial charge in [0.1, 0.15) is 0 Å². The van der Waals surface area contributed by atoms with Crippen LogP contribution in [0.1, 0.15) is 44.7 Å². The molecule has 1 aromatic rings. The second-order valence-electron chi connectivity index (χ2n) is 7.93. The molecule has 2 aliphatic rings. The molecule has 0 radical (unpaired) electrons. The maximum Gasteiger partial charge on any atom is 0.290 e. The standard InChI is InChI=1S/C21H27N3O5/c1-14(2)19(25)17-18(15-6-8-16(9-7-15)24(28)29)23(21(27)20(17)26)13-12-22-10-4-3-5-11-22/h6-9,14,18,26H,3-5,10-13H2,1-2H3. The lowest BCUT2D eigenvalue weighted by molar-refractivity contribution is -0.384. The molecule has 8 nitrogen and oxygen atoms in total. The number of carbonyl (C=O) groups excluding carboxylic acids is 2. The average Bonchev–Trinajstić information content (AvgIpc) is 2.97. The first-order chi connectivity index (χ1) is 13.8. The smallest absolute Gasteiger partial charge is 0.290 e. The molecular formula is C21H27N3O5. The second kappa shape index (κ2) is 8.73. The predicted molar refractivity (Wildman–Crippen MR) is 107 cm³/mol. The first-order valence-electron chi connectivity index (χ1n) is 10.1. The molecule has 3 rings (SSSR count). The van der Waals surface area contributed by atoms with E-state index in [1.165, 1.54) is 23.5 Å². The number of nitro benzene ring substituents is 1. The van der Waals surface area contributed by atoms with Crippen molar-refractivity contribution in [3.8, 4) is 0 Å². The highest BCUT2D eigenvalue weighted by atomic mass is 16.6. The molecule has 0 bridgehead atoms. The van der Waals surface area contributed by atoms with Crippen molar-refractivity contribution in [3.05, 3.63) is 51.3 Å². The number of amides is 1. The van der Waals surface area contributed by atoms with Crippen LogP contribution in [0, 0.1) is 16.0 Å². The monoisotopic (exact) mass is 401 g/mol. The van der Waals surface area contributed by atoms with Crippen LogP contribution in [-0.4, -0.2) is 57.7 Å². The van der Waals surface area contributed by atoms with E-state index in [1.54, 1.807) is 26.0 Å². The van der Waals surface area contributed by atoms with Crippen molar-refractivity contribution in [2.75, 3.05) is 26.2 Å². The summed E-state index contributed by atoms with van der Waals surface area (Å²) in [6.07, 6.45) is 3.46. The molecule has 1 unspecified atom stereocenters. The number of ketones is 1. The number of likely N-dealkylation sites (tertiary alicyclic amines) is 1. The highest BCUT2D eigenvalue weighted by Gasteiger charge is 2.43. The van der Waals surface area contributed by atoms with Crippen LogP contribution in [0.4, 0.5) is 5.69 Å². The Hall–Kier alpha value is -2.74. The summed E-state index contributed by atoms with van der Waals surface area (Å²) in [6.45, 7) is 6.42. The molecule has 1 saturated heterocycles. The lowest BCUT2D eigenvalue weighted by Crippen LogP contribution is -2.40. The molecule has 2 heterocycles. The quantitative estimate of drug-likeness (QED) is 0.556. The fraction of sp³-hybridized carbons (Fsp3) is 0.524. The summed E-state index contributed by atoms with van der Waals surface area (Å²) in [7, 11) is 0. The van der Waals surface area contributed by atoms with Gasteiger partial charge in [0.05, 0.1) is 16.5 Å². The highest BCUT2D eigenvalue weighted by molar-refractivity contribution is 6.09.